The van der Waals surface area contributed by atoms with Crippen LogP contribution in [0.5, 0.6) is 11.5 Å². The second kappa shape index (κ2) is 9.96. The van der Waals surface area contributed by atoms with E-state index in [2.05, 4.69) is 29.6 Å². The lowest BCUT2D eigenvalue weighted by Crippen LogP contribution is -2.43. The molecule has 1 aliphatic carbocycles. The molecule has 3 aliphatic rings. The van der Waals surface area contributed by atoms with E-state index in [1.54, 1.807) is 18.2 Å². The molecule has 1 amide bonds. The van der Waals surface area contributed by atoms with Gasteiger partial charge in [-0.1, -0.05) is 24.3 Å². The van der Waals surface area contributed by atoms with Crippen LogP contribution in [0.25, 0.3) is 0 Å². The second-order valence-electron chi connectivity index (χ2n) is 9.37. The summed E-state index contributed by atoms with van der Waals surface area (Å²) >= 11 is 0. The molecule has 2 heterocycles. The Morgan fingerprint density at radius 2 is 1.74 bits per heavy atom. The summed E-state index contributed by atoms with van der Waals surface area (Å²) in [4.78, 5) is 13.1. The van der Waals surface area contributed by atoms with E-state index in [9.17, 15) is 13.2 Å². The maximum atomic E-state index is 13.2. The Bertz CT molecular complexity index is 1140. The standard InChI is InChI=1S/C26H32N2O5S/c29-26(27-18-21-7-3-6-19-5-1-2-8-23(19)21)20-11-13-28(14-12-20)34(30,31)22-9-10-24-25(17-22)33-16-4-15-32-24/h1-2,5,8-10,17,20-21H,3-4,6-7,11-16,18H2,(H,27,29). The van der Waals surface area contributed by atoms with Crippen LogP contribution in [-0.4, -0.2) is 51.5 Å². The molecule has 7 nitrogen and oxygen atoms in total. The topological polar surface area (TPSA) is 84.9 Å². The highest BCUT2D eigenvalue weighted by molar-refractivity contribution is 7.89. The van der Waals surface area contributed by atoms with Gasteiger partial charge in [-0.25, -0.2) is 8.42 Å². The van der Waals surface area contributed by atoms with E-state index in [1.807, 2.05) is 0 Å². The smallest absolute Gasteiger partial charge is 0.243 e. The number of amides is 1. The first-order chi connectivity index (χ1) is 16.5. The van der Waals surface area contributed by atoms with E-state index in [1.165, 1.54) is 15.4 Å². The zero-order chi connectivity index (χ0) is 23.5. The number of carbonyl (C=O) groups excluding carboxylic acids is 1. The van der Waals surface area contributed by atoms with E-state index in [-0.39, 0.29) is 16.7 Å². The lowest BCUT2D eigenvalue weighted by atomic mass is 9.82. The minimum atomic E-state index is -3.65. The van der Waals surface area contributed by atoms with E-state index in [0.717, 1.165) is 25.7 Å². The molecule has 0 bridgehead atoms. The molecule has 0 radical (unpaired) electrons. The van der Waals surface area contributed by atoms with Crippen molar-refractivity contribution in [3.63, 3.8) is 0 Å². The van der Waals surface area contributed by atoms with Crippen LogP contribution in [0.1, 0.15) is 49.1 Å². The predicted molar refractivity (Wildman–Crippen MR) is 129 cm³/mol. The van der Waals surface area contributed by atoms with Crippen LogP contribution in [-0.2, 0) is 21.2 Å². The Kier molecular flexibility index (Phi) is 6.79. The van der Waals surface area contributed by atoms with Crippen molar-refractivity contribution in [2.24, 2.45) is 5.92 Å². The van der Waals surface area contributed by atoms with E-state index in [0.29, 0.717) is 63.1 Å². The van der Waals surface area contributed by atoms with Crippen LogP contribution in [0, 0.1) is 5.92 Å². The lowest BCUT2D eigenvalue weighted by Gasteiger charge is -2.31. The summed E-state index contributed by atoms with van der Waals surface area (Å²) in [5.41, 5.74) is 2.74. The Morgan fingerprint density at radius 3 is 2.56 bits per heavy atom. The van der Waals surface area contributed by atoms with Crippen LogP contribution in [0.3, 0.4) is 0 Å². The highest BCUT2D eigenvalue weighted by Gasteiger charge is 2.33. The van der Waals surface area contributed by atoms with Gasteiger partial charge in [-0.2, -0.15) is 4.31 Å². The Morgan fingerprint density at radius 1 is 0.971 bits per heavy atom. The molecule has 1 atom stereocenters. The number of ether oxygens (including phenoxy) is 2. The van der Waals surface area contributed by atoms with E-state index in [4.69, 9.17) is 9.47 Å². The number of rotatable bonds is 5. The Labute approximate surface area is 201 Å². The highest BCUT2D eigenvalue weighted by atomic mass is 32.2. The summed E-state index contributed by atoms with van der Waals surface area (Å²) in [6.07, 6.45) is 5.15. The monoisotopic (exact) mass is 484 g/mol. The van der Waals surface area contributed by atoms with Crippen LogP contribution < -0.4 is 14.8 Å². The van der Waals surface area contributed by atoms with E-state index < -0.39 is 10.0 Å². The van der Waals surface area contributed by atoms with Gasteiger partial charge in [0.1, 0.15) is 0 Å². The number of piperidine rings is 1. The highest BCUT2D eigenvalue weighted by Crippen LogP contribution is 2.34. The minimum Gasteiger partial charge on any atom is -0.490 e. The summed E-state index contributed by atoms with van der Waals surface area (Å²) in [6.45, 7) is 2.37. The van der Waals surface area contributed by atoms with Crippen LogP contribution in [0.4, 0.5) is 0 Å². The third kappa shape index (κ3) is 4.79. The van der Waals surface area contributed by atoms with E-state index >= 15 is 0 Å². The molecule has 8 heteroatoms. The van der Waals surface area contributed by atoms with Gasteiger partial charge in [0.25, 0.3) is 0 Å². The van der Waals surface area contributed by atoms with Gasteiger partial charge in [-0.3, -0.25) is 4.79 Å². The number of hydrogen-bond donors (Lipinski definition) is 1. The predicted octanol–water partition coefficient (Wildman–Crippen LogP) is 3.48. The van der Waals surface area contributed by atoms with Crippen molar-refractivity contribution < 1.29 is 22.7 Å². The fraction of sp³-hybridized carbons (Fsp3) is 0.500. The van der Waals surface area contributed by atoms with Crippen molar-refractivity contribution in [1.29, 1.82) is 0 Å². The lowest BCUT2D eigenvalue weighted by molar-refractivity contribution is -0.126. The number of nitrogens with one attached hydrogen (secondary N) is 1. The SMILES string of the molecule is O=C(NCC1CCCc2ccccc21)C1CCN(S(=O)(=O)c2ccc3c(c2)OCCCO3)CC1. The quantitative estimate of drug-likeness (QED) is 0.702. The van der Waals surface area contributed by atoms with Gasteiger partial charge in [0.2, 0.25) is 15.9 Å². The molecule has 34 heavy (non-hydrogen) atoms. The maximum Gasteiger partial charge on any atom is 0.243 e. The molecule has 1 unspecified atom stereocenters. The molecule has 2 aliphatic heterocycles. The summed E-state index contributed by atoms with van der Waals surface area (Å²) in [5.74, 6) is 1.28. The number of hydrogen-bond acceptors (Lipinski definition) is 5. The summed E-state index contributed by atoms with van der Waals surface area (Å²) < 4.78 is 39.2. The van der Waals surface area contributed by atoms with Crippen LogP contribution in [0.15, 0.2) is 47.4 Å². The van der Waals surface area contributed by atoms with Crippen LogP contribution in [0.2, 0.25) is 0 Å². The number of sulfonamides is 1. The number of carbonyl (C=O) groups is 1. The minimum absolute atomic E-state index is 0.0377. The molecule has 1 N–H and O–H groups in total. The fourth-order valence-corrected chi connectivity index (χ4v) is 6.73. The molecule has 1 saturated heterocycles. The average Bonchev–Trinajstić information content (AvgIpc) is 3.12. The molecule has 5 rings (SSSR count). The van der Waals surface area contributed by atoms with Crippen molar-refractivity contribution in [3.05, 3.63) is 53.6 Å². The van der Waals surface area contributed by atoms with Crippen molar-refractivity contribution in [2.75, 3.05) is 32.8 Å². The first-order valence-corrected chi connectivity index (χ1v) is 13.7. The van der Waals surface area contributed by atoms with Crippen molar-refractivity contribution >= 4 is 15.9 Å². The maximum absolute atomic E-state index is 13.2. The normalized spacial score (nSPS) is 21.4. The summed E-state index contributed by atoms with van der Waals surface area (Å²) in [5, 5.41) is 3.15. The molecule has 2 aromatic carbocycles. The van der Waals surface area contributed by atoms with Crippen molar-refractivity contribution in [3.8, 4) is 11.5 Å². The average molecular weight is 485 g/mol. The van der Waals surface area contributed by atoms with Gasteiger partial charge in [0.15, 0.2) is 11.5 Å². The van der Waals surface area contributed by atoms with Gasteiger partial charge < -0.3 is 14.8 Å². The first-order valence-electron chi connectivity index (χ1n) is 12.3. The van der Waals surface area contributed by atoms with Crippen LogP contribution >= 0.6 is 0 Å². The van der Waals surface area contributed by atoms with Gasteiger partial charge >= 0.3 is 0 Å². The molecule has 0 saturated carbocycles. The molecule has 1 fully saturated rings. The van der Waals surface area contributed by atoms with Gasteiger partial charge in [0, 0.05) is 44.0 Å². The summed E-state index contributed by atoms with van der Waals surface area (Å²) in [6, 6.07) is 13.3. The van der Waals surface area contributed by atoms with Gasteiger partial charge in [-0.15, -0.1) is 0 Å². The largest absolute Gasteiger partial charge is 0.490 e. The first kappa shape index (κ1) is 23.2. The Balaban J connectivity index is 1.17. The zero-order valence-corrected chi connectivity index (χ0v) is 20.2. The number of fused-ring (bicyclic) bond motifs is 2. The second-order valence-corrected chi connectivity index (χ2v) is 11.3. The third-order valence-corrected chi connectivity index (χ3v) is 9.09. The third-order valence-electron chi connectivity index (χ3n) is 7.20. The molecule has 2 aromatic rings. The number of benzene rings is 2. The Hall–Kier alpha value is -2.58. The van der Waals surface area contributed by atoms with Gasteiger partial charge in [0.05, 0.1) is 18.1 Å². The molecular formula is C26H32N2O5S. The molecule has 0 spiro atoms. The molecular weight excluding hydrogens is 452 g/mol. The summed E-state index contributed by atoms with van der Waals surface area (Å²) in [7, 11) is -3.65. The van der Waals surface area contributed by atoms with Gasteiger partial charge in [-0.05, 0) is 55.4 Å². The van der Waals surface area contributed by atoms with Crippen molar-refractivity contribution in [2.45, 2.75) is 49.3 Å². The number of aryl methyl sites for hydroxylation is 1. The molecule has 182 valence electrons. The zero-order valence-electron chi connectivity index (χ0n) is 19.4. The fourth-order valence-electron chi connectivity index (χ4n) is 5.25. The molecule has 0 aromatic heterocycles. The number of nitrogens with zero attached hydrogens (tertiary/aromatic N) is 1. The van der Waals surface area contributed by atoms with Crippen molar-refractivity contribution in [1.82, 2.24) is 9.62 Å².